The summed E-state index contributed by atoms with van der Waals surface area (Å²) >= 11 is 0. The van der Waals surface area contributed by atoms with Crippen LogP contribution in [0, 0.1) is 5.82 Å². The number of nitrogens with zero attached hydrogens (tertiary/aromatic N) is 2. The number of nitrogen functional groups attached to an aromatic ring is 1. The minimum Gasteiger partial charge on any atom is -0.482 e. The number of halogens is 1. The van der Waals surface area contributed by atoms with Crippen molar-refractivity contribution < 1.29 is 13.9 Å². The van der Waals surface area contributed by atoms with Crippen LogP contribution in [-0.2, 0) is 4.79 Å². The number of ether oxygens (including phenoxy) is 1. The third kappa shape index (κ3) is 2.30. The number of carbonyl (C=O) groups excluding carboxylic acids is 1. The van der Waals surface area contributed by atoms with Gasteiger partial charge in [-0.3, -0.25) is 4.79 Å². The molecular weight excluding hydrogens is 265 g/mol. The fraction of sp³-hybridized carbons (Fsp3) is 0.0833. The van der Waals surface area contributed by atoms with E-state index in [-0.39, 0.29) is 24.3 Å². The lowest BCUT2D eigenvalue weighted by Gasteiger charge is -2.18. The van der Waals surface area contributed by atoms with Crippen molar-refractivity contribution in [2.75, 3.05) is 23.0 Å². The number of hydrogen-bond acceptors (Lipinski definition) is 6. The predicted molar refractivity (Wildman–Crippen MR) is 70.3 cm³/mol. The molecule has 0 bridgehead atoms. The van der Waals surface area contributed by atoms with Crippen LogP contribution in [-0.4, -0.2) is 22.5 Å². The van der Waals surface area contributed by atoms with Crippen molar-refractivity contribution in [3.05, 3.63) is 30.2 Å². The number of amides is 1. The summed E-state index contributed by atoms with van der Waals surface area (Å²) in [5, 5.41) is 5.42. The molecule has 8 heteroatoms. The summed E-state index contributed by atoms with van der Waals surface area (Å²) in [5.41, 5.74) is 6.45. The van der Waals surface area contributed by atoms with Gasteiger partial charge in [-0.2, -0.15) is 4.98 Å². The van der Waals surface area contributed by atoms with Gasteiger partial charge in [-0.15, -0.1) is 0 Å². The number of hydrogen-bond donors (Lipinski definition) is 3. The Kier molecular flexibility index (Phi) is 2.82. The fourth-order valence-corrected chi connectivity index (χ4v) is 1.77. The van der Waals surface area contributed by atoms with Crippen molar-refractivity contribution in [1.29, 1.82) is 0 Å². The number of anilines is 4. The predicted octanol–water partition coefficient (Wildman–Crippen LogP) is 1.27. The highest BCUT2D eigenvalue weighted by molar-refractivity contribution is 5.96. The van der Waals surface area contributed by atoms with Crippen molar-refractivity contribution in [1.82, 2.24) is 9.97 Å². The highest BCUT2D eigenvalue weighted by atomic mass is 19.1. The lowest BCUT2D eigenvalue weighted by Crippen LogP contribution is -2.25. The minimum atomic E-state index is -0.628. The van der Waals surface area contributed by atoms with E-state index < -0.39 is 5.82 Å². The van der Waals surface area contributed by atoms with Crippen molar-refractivity contribution in [3.63, 3.8) is 0 Å². The van der Waals surface area contributed by atoms with E-state index in [4.69, 9.17) is 10.5 Å². The maximum atomic E-state index is 13.5. The van der Waals surface area contributed by atoms with E-state index in [1.54, 1.807) is 18.2 Å². The molecule has 20 heavy (non-hydrogen) atoms. The summed E-state index contributed by atoms with van der Waals surface area (Å²) in [6.07, 6.45) is 0.980. The van der Waals surface area contributed by atoms with Crippen LogP contribution in [0.1, 0.15) is 0 Å². The summed E-state index contributed by atoms with van der Waals surface area (Å²) in [6, 6.07) is 4.96. The lowest BCUT2D eigenvalue weighted by atomic mass is 10.2. The van der Waals surface area contributed by atoms with E-state index >= 15 is 0 Å². The molecule has 0 aliphatic carbocycles. The molecule has 0 unspecified atom stereocenters. The average Bonchev–Trinajstić information content (AvgIpc) is 2.42. The van der Waals surface area contributed by atoms with Crippen molar-refractivity contribution in [2.45, 2.75) is 0 Å². The quantitative estimate of drug-likeness (QED) is 0.762. The molecule has 1 aliphatic rings. The van der Waals surface area contributed by atoms with Crippen molar-refractivity contribution in [3.8, 4) is 5.75 Å². The van der Waals surface area contributed by atoms with E-state index in [2.05, 4.69) is 20.6 Å². The lowest BCUT2D eigenvalue weighted by molar-refractivity contribution is -0.118. The first-order valence-electron chi connectivity index (χ1n) is 5.73. The normalized spacial score (nSPS) is 13.2. The van der Waals surface area contributed by atoms with Gasteiger partial charge >= 0.3 is 0 Å². The Bertz CT molecular complexity index is 692. The van der Waals surface area contributed by atoms with Crippen LogP contribution in [0.15, 0.2) is 24.4 Å². The Balaban J connectivity index is 1.90. The number of carbonyl (C=O) groups is 1. The van der Waals surface area contributed by atoms with Gasteiger partial charge in [-0.05, 0) is 18.2 Å². The molecule has 0 saturated carbocycles. The molecule has 3 rings (SSSR count). The molecule has 4 N–H and O–H groups in total. The number of nitrogens with two attached hydrogens (primary N) is 1. The minimum absolute atomic E-state index is 0.0170. The fourth-order valence-electron chi connectivity index (χ4n) is 1.77. The second-order valence-electron chi connectivity index (χ2n) is 4.10. The largest absolute Gasteiger partial charge is 0.482 e. The van der Waals surface area contributed by atoms with Gasteiger partial charge in [0.25, 0.3) is 5.91 Å². The maximum Gasteiger partial charge on any atom is 0.262 e. The molecule has 0 fully saturated rings. The summed E-state index contributed by atoms with van der Waals surface area (Å²) in [7, 11) is 0. The first-order chi connectivity index (χ1) is 9.61. The molecule has 7 nitrogen and oxygen atoms in total. The molecule has 1 aromatic carbocycles. The molecule has 0 saturated heterocycles. The topological polar surface area (TPSA) is 102 Å². The van der Waals surface area contributed by atoms with E-state index in [0.29, 0.717) is 17.1 Å². The Morgan fingerprint density at radius 1 is 1.45 bits per heavy atom. The third-order valence-electron chi connectivity index (χ3n) is 2.64. The van der Waals surface area contributed by atoms with Gasteiger partial charge in [0.2, 0.25) is 5.95 Å². The SMILES string of the molecule is Nc1ncc(F)c(Nc2ccc3c(c2)NC(=O)CO3)n1. The molecule has 1 aromatic heterocycles. The van der Waals surface area contributed by atoms with Crippen LogP contribution >= 0.6 is 0 Å². The zero-order valence-corrected chi connectivity index (χ0v) is 10.2. The van der Waals surface area contributed by atoms with Crippen LogP contribution in [0.25, 0.3) is 0 Å². The Morgan fingerprint density at radius 2 is 2.30 bits per heavy atom. The highest BCUT2D eigenvalue weighted by Crippen LogP contribution is 2.31. The Morgan fingerprint density at radius 3 is 3.15 bits per heavy atom. The molecule has 0 atom stereocenters. The molecule has 1 aliphatic heterocycles. The van der Waals surface area contributed by atoms with Crippen LogP contribution in [0.3, 0.4) is 0 Å². The zero-order valence-electron chi connectivity index (χ0n) is 10.2. The van der Waals surface area contributed by atoms with Crippen LogP contribution in [0.4, 0.5) is 27.5 Å². The van der Waals surface area contributed by atoms with Gasteiger partial charge in [0, 0.05) is 5.69 Å². The smallest absolute Gasteiger partial charge is 0.262 e. The molecule has 0 radical (unpaired) electrons. The first-order valence-corrected chi connectivity index (χ1v) is 5.73. The van der Waals surface area contributed by atoms with Crippen LogP contribution in [0.2, 0.25) is 0 Å². The summed E-state index contributed by atoms with van der Waals surface area (Å²) in [5.74, 6) is -0.397. The van der Waals surface area contributed by atoms with Crippen molar-refractivity contribution in [2.24, 2.45) is 0 Å². The van der Waals surface area contributed by atoms with Crippen LogP contribution < -0.4 is 21.1 Å². The number of rotatable bonds is 2. The van der Waals surface area contributed by atoms with E-state index in [1.807, 2.05) is 0 Å². The molecule has 0 spiro atoms. The van der Waals surface area contributed by atoms with Gasteiger partial charge in [0.05, 0.1) is 11.9 Å². The van der Waals surface area contributed by atoms with Crippen LogP contribution in [0.5, 0.6) is 5.75 Å². The third-order valence-corrected chi connectivity index (χ3v) is 2.64. The molecule has 1 amide bonds. The monoisotopic (exact) mass is 275 g/mol. The van der Waals surface area contributed by atoms with Gasteiger partial charge in [-0.25, -0.2) is 9.37 Å². The number of nitrogens with one attached hydrogen (secondary N) is 2. The number of benzene rings is 1. The molecule has 102 valence electrons. The molecular formula is C12H10FN5O2. The van der Waals surface area contributed by atoms with E-state index in [0.717, 1.165) is 6.20 Å². The highest BCUT2D eigenvalue weighted by Gasteiger charge is 2.16. The van der Waals surface area contributed by atoms with E-state index in [1.165, 1.54) is 0 Å². The number of aromatic nitrogens is 2. The van der Waals surface area contributed by atoms with Gasteiger partial charge in [0.1, 0.15) is 5.75 Å². The second-order valence-corrected chi connectivity index (χ2v) is 4.10. The van der Waals surface area contributed by atoms with Gasteiger partial charge < -0.3 is 21.1 Å². The maximum absolute atomic E-state index is 13.5. The van der Waals surface area contributed by atoms with E-state index in [9.17, 15) is 9.18 Å². The Hall–Kier alpha value is -2.90. The molecule has 2 aromatic rings. The summed E-state index contributed by atoms with van der Waals surface area (Å²) in [4.78, 5) is 18.5. The van der Waals surface area contributed by atoms with Gasteiger partial charge in [-0.1, -0.05) is 0 Å². The number of fused-ring (bicyclic) bond motifs is 1. The second kappa shape index (κ2) is 4.65. The zero-order chi connectivity index (χ0) is 14.1. The van der Waals surface area contributed by atoms with Crippen molar-refractivity contribution >= 4 is 29.0 Å². The molecule has 2 heterocycles. The standard InChI is InChI=1S/C12H10FN5O2/c13-7-4-15-12(14)18-11(7)16-6-1-2-9-8(3-6)17-10(19)5-20-9/h1-4H,5H2,(H,17,19)(H3,14,15,16,18). The first kappa shape index (κ1) is 12.2. The Labute approximate surface area is 113 Å². The average molecular weight is 275 g/mol. The summed E-state index contributed by atoms with van der Waals surface area (Å²) < 4.78 is 18.7. The van der Waals surface area contributed by atoms with Gasteiger partial charge in [0.15, 0.2) is 18.2 Å². The summed E-state index contributed by atoms with van der Waals surface area (Å²) in [6.45, 7) is -0.0170.